The fraction of sp³-hybridized carbons (Fsp3) is 0.533. The van der Waals surface area contributed by atoms with Gasteiger partial charge < -0.3 is 10.2 Å². The number of hydrogen-bond acceptors (Lipinski definition) is 2. The van der Waals surface area contributed by atoms with Crippen LogP contribution in [-0.4, -0.2) is 36.5 Å². The van der Waals surface area contributed by atoms with Gasteiger partial charge in [-0.05, 0) is 24.5 Å². The minimum Gasteiger partial charge on any atom is -0.337 e. The van der Waals surface area contributed by atoms with Crippen LogP contribution in [0.2, 0.25) is 0 Å². The Morgan fingerprint density at radius 3 is 2.85 bits per heavy atom. The zero-order valence-electron chi connectivity index (χ0n) is 11.9. The van der Waals surface area contributed by atoms with Crippen LogP contribution in [-0.2, 0) is 4.79 Å². The van der Waals surface area contributed by atoms with E-state index in [2.05, 4.69) is 5.32 Å². The Morgan fingerprint density at radius 2 is 2.20 bits per heavy atom. The molecular formula is C15H22ClFN2O. The Balaban J connectivity index is 0.00000200. The third-order valence-corrected chi connectivity index (χ3v) is 3.74. The Labute approximate surface area is 125 Å². The first-order valence-electron chi connectivity index (χ1n) is 6.84. The summed E-state index contributed by atoms with van der Waals surface area (Å²) in [4.78, 5) is 14.2. The Kier molecular flexibility index (Phi) is 6.43. The summed E-state index contributed by atoms with van der Waals surface area (Å²) in [5.41, 5.74) is 0.624. The molecule has 20 heavy (non-hydrogen) atoms. The summed E-state index contributed by atoms with van der Waals surface area (Å²) in [6.07, 6.45) is 0.366. The van der Waals surface area contributed by atoms with E-state index in [1.165, 1.54) is 6.07 Å². The predicted octanol–water partition coefficient (Wildman–Crippen LogP) is 2.56. The van der Waals surface area contributed by atoms with Crippen molar-refractivity contribution in [1.82, 2.24) is 10.2 Å². The molecule has 0 bridgehead atoms. The molecule has 1 fully saturated rings. The second-order valence-corrected chi connectivity index (χ2v) is 5.27. The Hall–Kier alpha value is -1.13. The van der Waals surface area contributed by atoms with E-state index in [4.69, 9.17) is 0 Å². The van der Waals surface area contributed by atoms with Gasteiger partial charge in [-0.3, -0.25) is 4.79 Å². The molecule has 1 aromatic rings. The SMILES string of the molecule is CC(CC(=O)N1CCNC[C@@H]1C)c1ccccc1F.Cl. The maximum Gasteiger partial charge on any atom is 0.223 e. The van der Waals surface area contributed by atoms with Crippen molar-refractivity contribution in [2.24, 2.45) is 0 Å². The lowest BCUT2D eigenvalue weighted by atomic mass is 9.96. The molecular weight excluding hydrogens is 279 g/mol. The number of piperazine rings is 1. The monoisotopic (exact) mass is 300 g/mol. The number of halogens is 2. The quantitative estimate of drug-likeness (QED) is 0.930. The van der Waals surface area contributed by atoms with Crippen molar-refractivity contribution in [3.8, 4) is 0 Å². The van der Waals surface area contributed by atoms with E-state index in [0.29, 0.717) is 12.0 Å². The molecule has 5 heteroatoms. The molecule has 1 aromatic carbocycles. The van der Waals surface area contributed by atoms with Gasteiger partial charge in [0, 0.05) is 32.1 Å². The second-order valence-electron chi connectivity index (χ2n) is 5.27. The normalized spacial score (nSPS) is 20.1. The summed E-state index contributed by atoms with van der Waals surface area (Å²) in [5.74, 6) is -0.198. The van der Waals surface area contributed by atoms with Gasteiger partial charge in [0.1, 0.15) is 5.82 Å². The molecule has 112 valence electrons. The molecule has 0 saturated carbocycles. The lowest BCUT2D eigenvalue weighted by Gasteiger charge is -2.34. The van der Waals surface area contributed by atoms with Crippen molar-refractivity contribution in [3.63, 3.8) is 0 Å². The van der Waals surface area contributed by atoms with E-state index in [1.807, 2.05) is 24.8 Å². The maximum atomic E-state index is 13.7. The highest BCUT2D eigenvalue weighted by atomic mass is 35.5. The van der Waals surface area contributed by atoms with E-state index >= 15 is 0 Å². The molecule has 0 aromatic heterocycles. The molecule has 1 aliphatic heterocycles. The molecule has 2 rings (SSSR count). The van der Waals surface area contributed by atoms with Gasteiger partial charge in [-0.2, -0.15) is 0 Å². The van der Waals surface area contributed by atoms with Crippen molar-refractivity contribution in [2.45, 2.75) is 32.2 Å². The number of carbonyl (C=O) groups excluding carboxylic acids is 1. The van der Waals surface area contributed by atoms with Crippen molar-refractivity contribution in [3.05, 3.63) is 35.6 Å². The number of rotatable bonds is 3. The number of hydrogen-bond donors (Lipinski definition) is 1. The molecule has 0 spiro atoms. The smallest absolute Gasteiger partial charge is 0.223 e. The highest BCUT2D eigenvalue weighted by Crippen LogP contribution is 2.23. The van der Waals surface area contributed by atoms with Crippen LogP contribution in [0.3, 0.4) is 0 Å². The van der Waals surface area contributed by atoms with E-state index < -0.39 is 0 Å². The third kappa shape index (κ3) is 3.93. The topological polar surface area (TPSA) is 32.3 Å². The number of nitrogens with zero attached hydrogens (tertiary/aromatic N) is 1. The molecule has 1 heterocycles. The van der Waals surface area contributed by atoms with Gasteiger partial charge >= 0.3 is 0 Å². The van der Waals surface area contributed by atoms with Gasteiger partial charge in [0.2, 0.25) is 5.91 Å². The van der Waals surface area contributed by atoms with Gasteiger partial charge in [0.25, 0.3) is 0 Å². The standard InChI is InChI=1S/C15H21FN2O.ClH/c1-11(13-5-3-4-6-14(13)16)9-15(19)18-8-7-17-10-12(18)2;/h3-6,11-12,17H,7-10H2,1-2H3;1H/t11?,12-;/m0./s1. The van der Waals surface area contributed by atoms with Crippen LogP contribution in [0.15, 0.2) is 24.3 Å². The lowest BCUT2D eigenvalue weighted by Crippen LogP contribution is -2.52. The molecule has 0 aliphatic carbocycles. The molecule has 1 unspecified atom stereocenters. The summed E-state index contributed by atoms with van der Waals surface area (Å²) in [6.45, 7) is 6.36. The van der Waals surface area contributed by atoms with Crippen molar-refractivity contribution < 1.29 is 9.18 Å². The van der Waals surface area contributed by atoms with Gasteiger partial charge in [0.15, 0.2) is 0 Å². The zero-order valence-corrected chi connectivity index (χ0v) is 12.8. The van der Waals surface area contributed by atoms with E-state index in [1.54, 1.807) is 12.1 Å². The minimum atomic E-state index is -0.226. The minimum absolute atomic E-state index is 0. The second kappa shape index (κ2) is 7.60. The van der Waals surface area contributed by atoms with Gasteiger partial charge in [-0.25, -0.2) is 4.39 Å². The van der Waals surface area contributed by atoms with Gasteiger partial charge in [0.05, 0.1) is 0 Å². The Morgan fingerprint density at radius 1 is 1.50 bits per heavy atom. The average Bonchev–Trinajstić information content (AvgIpc) is 2.39. The first-order valence-corrected chi connectivity index (χ1v) is 6.84. The van der Waals surface area contributed by atoms with Crippen LogP contribution in [0.25, 0.3) is 0 Å². The van der Waals surface area contributed by atoms with E-state index in [0.717, 1.165) is 19.6 Å². The van der Waals surface area contributed by atoms with Crippen LogP contribution in [0.4, 0.5) is 4.39 Å². The first kappa shape index (κ1) is 16.9. The van der Waals surface area contributed by atoms with Crippen molar-refractivity contribution >= 4 is 18.3 Å². The molecule has 1 amide bonds. The molecule has 1 saturated heterocycles. The summed E-state index contributed by atoms with van der Waals surface area (Å²) < 4.78 is 13.7. The largest absolute Gasteiger partial charge is 0.337 e. The van der Waals surface area contributed by atoms with Crippen molar-refractivity contribution in [2.75, 3.05) is 19.6 Å². The highest BCUT2D eigenvalue weighted by Gasteiger charge is 2.25. The lowest BCUT2D eigenvalue weighted by molar-refractivity contribution is -0.134. The Bertz CT molecular complexity index is 455. The third-order valence-electron chi connectivity index (χ3n) is 3.74. The van der Waals surface area contributed by atoms with Crippen molar-refractivity contribution in [1.29, 1.82) is 0 Å². The number of carbonyl (C=O) groups is 1. The fourth-order valence-corrected chi connectivity index (χ4v) is 2.58. The molecule has 3 nitrogen and oxygen atoms in total. The van der Waals surface area contributed by atoms with Crippen LogP contribution >= 0.6 is 12.4 Å². The number of benzene rings is 1. The van der Waals surface area contributed by atoms with Crippen LogP contribution in [0.1, 0.15) is 31.7 Å². The average molecular weight is 301 g/mol. The van der Waals surface area contributed by atoms with E-state index in [-0.39, 0.29) is 36.1 Å². The number of amides is 1. The molecule has 0 radical (unpaired) electrons. The number of nitrogens with one attached hydrogen (secondary N) is 1. The zero-order chi connectivity index (χ0) is 13.8. The van der Waals surface area contributed by atoms with Crippen LogP contribution in [0, 0.1) is 5.82 Å². The maximum absolute atomic E-state index is 13.7. The van der Waals surface area contributed by atoms with Gasteiger partial charge in [-0.15, -0.1) is 12.4 Å². The van der Waals surface area contributed by atoms with Crippen LogP contribution in [0.5, 0.6) is 0 Å². The molecule has 1 aliphatic rings. The first-order chi connectivity index (χ1) is 9.09. The molecule has 2 atom stereocenters. The van der Waals surface area contributed by atoms with Crippen LogP contribution < -0.4 is 5.32 Å². The predicted molar refractivity (Wildman–Crippen MR) is 80.7 cm³/mol. The summed E-state index contributed by atoms with van der Waals surface area (Å²) in [7, 11) is 0. The van der Waals surface area contributed by atoms with E-state index in [9.17, 15) is 9.18 Å². The molecule has 1 N–H and O–H groups in total. The summed E-state index contributed by atoms with van der Waals surface area (Å²) in [6, 6.07) is 6.91. The summed E-state index contributed by atoms with van der Waals surface area (Å²) >= 11 is 0. The fourth-order valence-electron chi connectivity index (χ4n) is 2.58. The van der Waals surface area contributed by atoms with Gasteiger partial charge in [-0.1, -0.05) is 25.1 Å². The summed E-state index contributed by atoms with van der Waals surface area (Å²) in [5, 5.41) is 3.26. The highest BCUT2D eigenvalue weighted by molar-refractivity contribution is 5.85.